The van der Waals surface area contributed by atoms with Crippen molar-refractivity contribution in [1.82, 2.24) is 0 Å². The Hall–Kier alpha value is -0.930. The molecule has 1 saturated heterocycles. The molecule has 1 fully saturated rings. The second kappa shape index (κ2) is 4.73. The lowest BCUT2D eigenvalue weighted by atomic mass is 9.83. The number of rotatable bonds is 2. The molecule has 0 amide bonds. The van der Waals surface area contributed by atoms with Crippen LogP contribution in [0.15, 0.2) is 24.3 Å². The summed E-state index contributed by atoms with van der Waals surface area (Å²) >= 11 is 0. The molecule has 82 valence electrons. The van der Waals surface area contributed by atoms with Crippen molar-refractivity contribution < 1.29 is 14.2 Å². The van der Waals surface area contributed by atoms with Gasteiger partial charge in [-0.15, -0.1) is 0 Å². The number of hydrogen-bond donors (Lipinski definition) is 1. The van der Waals surface area contributed by atoms with Crippen molar-refractivity contribution in [2.75, 3.05) is 19.8 Å². The molecule has 2 unspecified atom stereocenters. The van der Waals surface area contributed by atoms with Crippen molar-refractivity contribution in [2.45, 2.75) is 12.3 Å². The van der Waals surface area contributed by atoms with Gasteiger partial charge in [0.2, 0.25) is 0 Å². The van der Waals surface area contributed by atoms with Crippen LogP contribution >= 0.6 is 0 Å². The summed E-state index contributed by atoms with van der Waals surface area (Å²) in [6.45, 7) is 1.44. The van der Waals surface area contributed by atoms with Crippen molar-refractivity contribution >= 4 is 0 Å². The molecule has 3 heteroatoms. The van der Waals surface area contributed by atoms with Crippen LogP contribution in [0.25, 0.3) is 0 Å². The number of ether oxygens (including phenoxy) is 1. The van der Waals surface area contributed by atoms with E-state index in [4.69, 9.17) is 4.74 Å². The van der Waals surface area contributed by atoms with Gasteiger partial charge in [0, 0.05) is 19.1 Å². The first kappa shape index (κ1) is 10.6. The van der Waals surface area contributed by atoms with Crippen molar-refractivity contribution in [3.05, 3.63) is 35.6 Å². The highest BCUT2D eigenvalue weighted by Crippen LogP contribution is 2.31. The van der Waals surface area contributed by atoms with E-state index in [2.05, 4.69) is 0 Å². The summed E-state index contributed by atoms with van der Waals surface area (Å²) < 4.78 is 18.1. The Labute approximate surface area is 88.7 Å². The zero-order chi connectivity index (χ0) is 10.7. The van der Waals surface area contributed by atoms with Crippen LogP contribution in [-0.4, -0.2) is 24.9 Å². The smallest absolute Gasteiger partial charge is 0.123 e. The van der Waals surface area contributed by atoms with Gasteiger partial charge in [0.25, 0.3) is 0 Å². The molecule has 0 aliphatic carbocycles. The maximum Gasteiger partial charge on any atom is 0.123 e. The molecule has 0 radical (unpaired) electrons. The number of aliphatic hydroxyl groups is 1. The molecule has 1 aliphatic heterocycles. The first-order valence-corrected chi connectivity index (χ1v) is 5.25. The van der Waals surface area contributed by atoms with Gasteiger partial charge in [-0.25, -0.2) is 4.39 Å². The minimum absolute atomic E-state index is 0.127. The van der Waals surface area contributed by atoms with Crippen LogP contribution in [0.1, 0.15) is 17.9 Å². The third-order valence-corrected chi connectivity index (χ3v) is 3.01. The number of benzene rings is 1. The van der Waals surface area contributed by atoms with Gasteiger partial charge in [0.1, 0.15) is 5.82 Å². The molecule has 1 N–H and O–H groups in total. The highest BCUT2D eigenvalue weighted by atomic mass is 19.1. The molecule has 0 aromatic heterocycles. The topological polar surface area (TPSA) is 29.5 Å². The fourth-order valence-electron chi connectivity index (χ4n) is 2.13. The van der Waals surface area contributed by atoms with E-state index in [1.54, 1.807) is 12.1 Å². The summed E-state index contributed by atoms with van der Waals surface area (Å²) in [5.74, 6) is 0.222. The lowest BCUT2D eigenvalue weighted by Crippen LogP contribution is -2.28. The van der Waals surface area contributed by atoms with Gasteiger partial charge in [-0.1, -0.05) is 12.1 Å². The molecule has 0 bridgehead atoms. The quantitative estimate of drug-likeness (QED) is 0.808. The molecule has 2 nitrogen and oxygen atoms in total. The summed E-state index contributed by atoms with van der Waals surface area (Å²) in [5, 5.41) is 9.22. The lowest BCUT2D eigenvalue weighted by molar-refractivity contribution is 0.0159. The Balaban J connectivity index is 2.16. The summed E-state index contributed by atoms with van der Waals surface area (Å²) in [6, 6.07) is 6.54. The Morgan fingerprint density at radius 3 is 2.73 bits per heavy atom. The molecule has 0 saturated carbocycles. The minimum atomic E-state index is -0.216. The summed E-state index contributed by atoms with van der Waals surface area (Å²) in [7, 11) is 0. The van der Waals surface area contributed by atoms with E-state index in [9.17, 15) is 9.50 Å². The van der Waals surface area contributed by atoms with Crippen LogP contribution in [0.4, 0.5) is 4.39 Å². The monoisotopic (exact) mass is 210 g/mol. The number of hydrogen-bond acceptors (Lipinski definition) is 2. The Kier molecular flexibility index (Phi) is 3.34. The SMILES string of the molecule is OCC1COCCC1c1ccc(F)cc1. The molecule has 15 heavy (non-hydrogen) atoms. The van der Waals surface area contributed by atoms with E-state index in [0.29, 0.717) is 12.5 Å². The molecule has 2 atom stereocenters. The highest BCUT2D eigenvalue weighted by molar-refractivity contribution is 5.21. The van der Waals surface area contributed by atoms with E-state index in [1.165, 1.54) is 12.1 Å². The van der Waals surface area contributed by atoms with E-state index >= 15 is 0 Å². The average molecular weight is 210 g/mol. The second-order valence-electron chi connectivity index (χ2n) is 3.96. The van der Waals surface area contributed by atoms with Gasteiger partial charge in [-0.3, -0.25) is 0 Å². The van der Waals surface area contributed by atoms with Gasteiger partial charge in [-0.05, 0) is 30.0 Å². The Morgan fingerprint density at radius 1 is 1.33 bits per heavy atom. The van der Waals surface area contributed by atoms with Crippen molar-refractivity contribution in [3.8, 4) is 0 Å². The summed E-state index contributed by atoms with van der Waals surface area (Å²) in [4.78, 5) is 0. The van der Waals surface area contributed by atoms with Gasteiger partial charge < -0.3 is 9.84 Å². The normalized spacial score (nSPS) is 26.5. The van der Waals surface area contributed by atoms with Gasteiger partial charge in [0.15, 0.2) is 0 Å². The maximum atomic E-state index is 12.8. The van der Waals surface area contributed by atoms with E-state index in [0.717, 1.165) is 18.6 Å². The van der Waals surface area contributed by atoms with E-state index in [1.807, 2.05) is 0 Å². The van der Waals surface area contributed by atoms with Crippen LogP contribution in [0, 0.1) is 11.7 Å². The van der Waals surface area contributed by atoms with Gasteiger partial charge in [-0.2, -0.15) is 0 Å². The van der Waals surface area contributed by atoms with Crippen LogP contribution < -0.4 is 0 Å². The largest absolute Gasteiger partial charge is 0.396 e. The average Bonchev–Trinajstić information content (AvgIpc) is 2.30. The van der Waals surface area contributed by atoms with Crippen LogP contribution in [-0.2, 0) is 4.74 Å². The van der Waals surface area contributed by atoms with E-state index < -0.39 is 0 Å². The maximum absolute atomic E-state index is 12.8. The highest BCUT2D eigenvalue weighted by Gasteiger charge is 2.26. The van der Waals surface area contributed by atoms with Crippen molar-refractivity contribution in [2.24, 2.45) is 5.92 Å². The van der Waals surface area contributed by atoms with Crippen LogP contribution in [0.3, 0.4) is 0 Å². The molecule has 1 aromatic carbocycles. The minimum Gasteiger partial charge on any atom is -0.396 e. The number of aliphatic hydroxyl groups excluding tert-OH is 1. The standard InChI is InChI=1S/C12H15FO2/c13-11-3-1-9(2-4-11)12-5-6-15-8-10(12)7-14/h1-4,10,12,14H,5-8H2. The van der Waals surface area contributed by atoms with Crippen molar-refractivity contribution in [3.63, 3.8) is 0 Å². The second-order valence-corrected chi connectivity index (χ2v) is 3.96. The third-order valence-electron chi connectivity index (χ3n) is 3.01. The lowest BCUT2D eigenvalue weighted by Gasteiger charge is -2.30. The first-order chi connectivity index (χ1) is 7.31. The molecular formula is C12H15FO2. The van der Waals surface area contributed by atoms with Gasteiger partial charge in [0.05, 0.1) is 6.61 Å². The summed E-state index contributed by atoms with van der Waals surface area (Å²) in [6.07, 6.45) is 0.900. The Morgan fingerprint density at radius 2 is 2.07 bits per heavy atom. The molecule has 1 aliphatic rings. The Bertz CT molecular complexity index is 310. The molecule has 0 spiro atoms. The zero-order valence-electron chi connectivity index (χ0n) is 8.53. The molecule has 1 aromatic rings. The fraction of sp³-hybridized carbons (Fsp3) is 0.500. The first-order valence-electron chi connectivity index (χ1n) is 5.25. The zero-order valence-corrected chi connectivity index (χ0v) is 8.53. The fourth-order valence-corrected chi connectivity index (χ4v) is 2.13. The van der Waals surface area contributed by atoms with E-state index in [-0.39, 0.29) is 18.3 Å². The summed E-state index contributed by atoms with van der Waals surface area (Å²) in [5.41, 5.74) is 1.10. The van der Waals surface area contributed by atoms with Gasteiger partial charge >= 0.3 is 0 Å². The van der Waals surface area contributed by atoms with Crippen LogP contribution in [0.5, 0.6) is 0 Å². The van der Waals surface area contributed by atoms with Crippen molar-refractivity contribution in [1.29, 1.82) is 0 Å². The van der Waals surface area contributed by atoms with Crippen LogP contribution in [0.2, 0.25) is 0 Å². The molecule has 1 heterocycles. The molecular weight excluding hydrogens is 195 g/mol. The third kappa shape index (κ3) is 2.36. The molecule has 2 rings (SSSR count). The predicted molar refractivity (Wildman–Crippen MR) is 55.2 cm³/mol. The number of halogens is 1. The predicted octanol–water partition coefficient (Wildman–Crippen LogP) is 1.94.